The predicted molar refractivity (Wildman–Crippen MR) is 72.8 cm³/mol. The van der Waals surface area contributed by atoms with E-state index in [1.807, 2.05) is 11.7 Å². The van der Waals surface area contributed by atoms with Gasteiger partial charge in [-0.2, -0.15) is 5.10 Å². The van der Waals surface area contributed by atoms with Crippen LogP contribution < -0.4 is 10.6 Å². The third kappa shape index (κ3) is 1.99. The SMILES string of the molecule is Cn1nc(C2CC2)nc1CNC1CCNC12CCC2. The molecule has 2 aliphatic carbocycles. The summed E-state index contributed by atoms with van der Waals surface area (Å²) in [6, 6.07) is 0.613. The zero-order valence-corrected chi connectivity index (χ0v) is 11.7. The lowest BCUT2D eigenvalue weighted by Crippen LogP contribution is -2.58. The van der Waals surface area contributed by atoms with Crippen LogP contribution in [0.2, 0.25) is 0 Å². The minimum absolute atomic E-state index is 0.401. The minimum atomic E-state index is 0.401. The molecule has 2 saturated carbocycles. The summed E-state index contributed by atoms with van der Waals surface area (Å²) in [6.07, 6.45) is 7.82. The molecule has 0 amide bonds. The van der Waals surface area contributed by atoms with Gasteiger partial charge in [0.2, 0.25) is 0 Å². The Hall–Kier alpha value is -0.940. The first-order chi connectivity index (χ1) is 9.27. The van der Waals surface area contributed by atoms with Gasteiger partial charge in [0.25, 0.3) is 0 Å². The minimum Gasteiger partial charge on any atom is -0.310 e. The van der Waals surface area contributed by atoms with Gasteiger partial charge in [0, 0.05) is 24.5 Å². The number of rotatable bonds is 4. The highest BCUT2D eigenvalue weighted by Gasteiger charge is 2.46. The molecule has 3 fully saturated rings. The van der Waals surface area contributed by atoms with Gasteiger partial charge >= 0.3 is 0 Å². The summed E-state index contributed by atoms with van der Waals surface area (Å²) < 4.78 is 1.95. The topological polar surface area (TPSA) is 54.8 Å². The average Bonchev–Trinajstić information content (AvgIpc) is 3.00. The maximum absolute atomic E-state index is 4.69. The number of hydrogen-bond acceptors (Lipinski definition) is 4. The van der Waals surface area contributed by atoms with Crippen LogP contribution in [0.4, 0.5) is 0 Å². The van der Waals surface area contributed by atoms with Gasteiger partial charge in [0.1, 0.15) is 5.82 Å². The third-order valence-electron chi connectivity index (χ3n) is 5.14. The normalized spacial score (nSPS) is 28.8. The number of hydrogen-bond donors (Lipinski definition) is 2. The Kier molecular flexibility index (Phi) is 2.67. The molecule has 2 N–H and O–H groups in total. The zero-order valence-electron chi connectivity index (χ0n) is 11.7. The van der Waals surface area contributed by atoms with E-state index in [0.717, 1.165) is 24.7 Å². The molecule has 1 saturated heterocycles. The molecule has 4 rings (SSSR count). The van der Waals surface area contributed by atoms with Gasteiger partial charge < -0.3 is 10.6 Å². The summed E-state index contributed by atoms with van der Waals surface area (Å²) in [7, 11) is 2.02. The quantitative estimate of drug-likeness (QED) is 0.851. The first-order valence-corrected chi connectivity index (χ1v) is 7.65. The van der Waals surface area contributed by atoms with E-state index in [2.05, 4.69) is 15.7 Å². The van der Waals surface area contributed by atoms with E-state index < -0.39 is 0 Å². The molecule has 1 atom stereocenters. The fraction of sp³-hybridized carbons (Fsp3) is 0.857. The van der Waals surface area contributed by atoms with Crippen LogP contribution in [0.1, 0.15) is 56.1 Å². The van der Waals surface area contributed by atoms with Gasteiger partial charge in [-0.05, 0) is 45.1 Å². The highest BCUT2D eigenvalue weighted by molar-refractivity contribution is 5.10. The molecule has 1 spiro atoms. The van der Waals surface area contributed by atoms with Crippen LogP contribution in [0.15, 0.2) is 0 Å². The van der Waals surface area contributed by atoms with E-state index in [0.29, 0.717) is 17.5 Å². The van der Waals surface area contributed by atoms with Gasteiger partial charge in [-0.3, -0.25) is 4.68 Å². The van der Waals surface area contributed by atoms with Crippen LogP contribution in [0.3, 0.4) is 0 Å². The first kappa shape index (κ1) is 11.9. The van der Waals surface area contributed by atoms with Crippen LogP contribution in [0.5, 0.6) is 0 Å². The van der Waals surface area contributed by atoms with E-state index in [9.17, 15) is 0 Å². The van der Waals surface area contributed by atoms with E-state index in [1.165, 1.54) is 38.5 Å². The van der Waals surface area contributed by atoms with E-state index >= 15 is 0 Å². The Labute approximate surface area is 114 Å². The lowest BCUT2D eigenvalue weighted by atomic mass is 9.73. The molecule has 0 bridgehead atoms. The Bertz CT molecular complexity index is 472. The van der Waals surface area contributed by atoms with Crippen LogP contribution in [-0.4, -0.2) is 32.9 Å². The Morgan fingerprint density at radius 2 is 2.21 bits per heavy atom. The molecule has 1 aliphatic heterocycles. The van der Waals surface area contributed by atoms with Crippen molar-refractivity contribution in [2.24, 2.45) is 7.05 Å². The molecular weight excluding hydrogens is 238 g/mol. The highest BCUT2D eigenvalue weighted by atomic mass is 15.3. The lowest BCUT2D eigenvalue weighted by Gasteiger charge is -2.44. The molecule has 0 radical (unpaired) electrons. The van der Waals surface area contributed by atoms with Crippen LogP contribution >= 0.6 is 0 Å². The molecule has 2 heterocycles. The average molecular weight is 261 g/mol. The second-order valence-corrected chi connectivity index (χ2v) is 6.44. The van der Waals surface area contributed by atoms with Crippen molar-refractivity contribution in [2.45, 2.75) is 62.6 Å². The molecule has 104 valence electrons. The van der Waals surface area contributed by atoms with Gasteiger partial charge in [-0.1, -0.05) is 0 Å². The Morgan fingerprint density at radius 1 is 1.37 bits per heavy atom. The second-order valence-electron chi connectivity index (χ2n) is 6.44. The molecule has 5 heteroatoms. The summed E-state index contributed by atoms with van der Waals surface area (Å²) in [5.74, 6) is 2.79. The van der Waals surface area contributed by atoms with Crippen LogP contribution in [0, 0.1) is 0 Å². The Morgan fingerprint density at radius 3 is 2.89 bits per heavy atom. The second kappa shape index (κ2) is 4.28. The number of nitrogens with zero attached hydrogens (tertiary/aromatic N) is 3. The smallest absolute Gasteiger partial charge is 0.154 e. The molecule has 1 unspecified atom stereocenters. The van der Waals surface area contributed by atoms with Crippen molar-refractivity contribution < 1.29 is 0 Å². The van der Waals surface area contributed by atoms with Crippen molar-refractivity contribution in [2.75, 3.05) is 6.54 Å². The monoisotopic (exact) mass is 261 g/mol. The summed E-state index contributed by atoms with van der Waals surface area (Å²) in [4.78, 5) is 4.69. The molecule has 3 aliphatic rings. The summed E-state index contributed by atoms with van der Waals surface area (Å²) >= 11 is 0. The van der Waals surface area contributed by atoms with Gasteiger partial charge in [-0.15, -0.1) is 0 Å². The van der Waals surface area contributed by atoms with E-state index in [-0.39, 0.29) is 0 Å². The summed E-state index contributed by atoms with van der Waals surface area (Å²) in [5, 5.41) is 12.0. The van der Waals surface area contributed by atoms with Crippen molar-refractivity contribution >= 4 is 0 Å². The Balaban J connectivity index is 1.41. The maximum Gasteiger partial charge on any atom is 0.154 e. The molecular formula is C14H23N5. The highest BCUT2D eigenvalue weighted by Crippen LogP contribution is 2.39. The van der Waals surface area contributed by atoms with Gasteiger partial charge in [0.05, 0.1) is 6.54 Å². The number of nitrogens with one attached hydrogen (secondary N) is 2. The van der Waals surface area contributed by atoms with E-state index in [1.54, 1.807) is 0 Å². The maximum atomic E-state index is 4.69. The number of aryl methyl sites for hydroxylation is 1. The van der Waals surface area contributed by atoms with Crippen molar-refractivity contribution in [1.29, 1.82) is 0 Å². The first-order valence-electron chi connectivity index (χ1n) is 7.65. The number of aromatic nitrogens is 3. The van der Waals surface area contributed by atoms with Crippen LogP contribution in [-0.2, 0) is 13.6 Å². The predicted octanol–water partition coefficient (Wildman–Crippen LogP) is 1.07. The molecule has 1 aromatic heterocycles. The zero-order chi connectivity index (χ0) is 12.9. The van der Waals surface area contributed by atoms with E-state index in [4.69, 9.17) is 4.98 Å². The van der Waals surface area contributed by atoms with Crippen molar-refractivity contribution in [3.05, 3.63) is 11.6 Å². The third-order valence-corrected chi connectivity index (χ3v) is 5.14. The van der Waals surface area contributed by atoms with Crippen molar-refractivity contribution in [1.82, 2.24) is 25.4 Å². The largest absolute Gasteiger partial charge is 0.310 e. The lowest BCUT2D eigenvalue weighted by molar-refractivity contribution is 0.169. The fourth-order valence-electron chi connectivity index (χ4n) is 3.57. The fourth-order valence-corrected chi connectivity index (χ4v) is 3.57. The molecule has 0 aromatic carbocycles. The standard InChI is InChI=1S/C14H23N5/c1-19-12(17-13(18-19)10-3-4-10)9-15-11-5-8-16-14(11)6-2-7-14/h10-11,15-16H,2-9H2,1H3. The molecule has 1 aromatic rings. The molecule has 19 heavy (non-hydrogen) atoms. The summed E-state index contributed by atoms with van der Waals surface area (Å²) in [6.45, 7) is 2.01. The van der Waals surface area contributed by atoms with Gasteiger partial charge in [-0.25, -0.2) is 4.98 Å². The van der Waals surface area contributed by atoms with Crippen molar-refractivity contribution in [3.8, 4) is 0 Å². The summed E-state index contributed by atoms with van der Waals surface area (Å²) in [5.41, 5.74) is 0.401. The van der Waals surface area contributed by atoms with Gasteiger partial charge in [0.15, 0.2) is 5.82 Å². The van der Waals surface area contributed by atoms with Crippen molar-refractivity contribution in [3.63, 3.8) is 0 Å². The van der Waals surface area contributed by atoms with Crippen LogP contribution in [0.25, 0.3) is 0 Å². The molecule has 5 nitrogen and oxygen atoms in total.